The highest BCUT2D eigenvalue weighted by Crippen LogP contribution is 2.20. The molecule has 1 aromatic rings. The molecular weight excluding hydrogens is 240 g/mol. The number of hydrogen-bond acceptors (Lipinski definition) is 4. The molecule has 1 amide bonds. The van der Waals surface area contributed by atoms with Gasteiger partial charge in [0.25, 0.3) is 5.91 Å². The van der Waals surface area contributed by atoms with Crippen molar-refractivity contribution in [3.05, 3.63) is 18.1 Å². The Kier molecular flexibility index (Phi) is 4.71. The van der Waals surface area contributed by atoms with Crippen LogP contribution in [0.1, 0.15) is 43.6 Å². The molecule has 1 atom stereocenters. The largest absolute Gasteiger partial charge is 0.355 e. The topological polar surface area (TPSA) is 58.1 Å². The van der Waals surface area contributed by atoms with Crippen molar-refractivity contribution >= 4 is 11.7 Å². The third-order valence-electron chi connectivity index (χ3n) is 3.39. The van der Waals surface area contributed by atoms with E-state index in [1.54, 1.807) is 12.4 Å². The second kappa shape index (κ2) is 6.50. The van der Waals surface area contributed by atoms with Crippen LogP contribution in [0.2, 0.25) is 0 Å². The van der Waals surface area contributed by atoms with Crippen molar-refractivity contribution in [1.29, 1.82) is 0 Å². The van der Waals surface area contributed by atoms with Gasteiger partial charge in [-0.3, -0.25) is 4.79 Å². The summed E-state index contributed by atoms with van der Waals surface area (Å²) in [7, 11) is 0. The average molecular weight is 262 g/mol. The zero-order chi connectivity index (χ0) is 13.7. The summed E-state index contributed by atoms with van der Waals surface area (Å²) in [4.78, 5) is 22.5. The smallest absolute Gasteiger partial charge is 0.271 e. The molecule has 5 heteroatoms. The van der Waals surface area contributed by atoms with Gasteiger partial charge in [0.1, 0.15) is 11.5 Å². The Labute approximate surface area is 114 Å². The van der Waals surface area contributed by atoms with Crippen LogP contribution < -0.4 is 10.2 Å². The van der Waals surface area contributed by atoms with Crippen LogP contribution in [-0.4, -0.2) is 35.5 Å². The van der Waals surface area contributed by atoms with Crippen molar-refractivity contribution in [3.8, 4) is 0 Å². The molecule has 19 heavy (non-hydrogen) atoms. The van der Waals surface area contributed by atoms with E-state index in [0.717, 1.165) is 25.3 Å². The maximum Gasteiger partial charge on any atom is 0.271 e. The zero-order valence-corrected chi connectivity index (χ0v) is 11.7. The fraction of sp³-hybridized carbons (Fsp3) is 0.643. The quantitative estimate of drug-likeness (QED) is 0.899. The van der Waals surface area contributed by atoms with Crippen LogP contribution in [0, 0.1) is 5.92 Å². The number of rotatable bonds is 4. The summed E-state index contributed by atoms with van der Waals surface area (Å²) in [5.74, 6) is 1.43. The number of carbonyl (C=O) groups excluding carboxylic acids is 1. The molecule has 0 aromatic carbocycles. The van der Waals surface area contributed by atoms with E-state index in [2.05, 4.69) is 27.1 Å². The summed E-state index contributed by atoms with van der Waals surface area (Å²) in [5, 5.41) is 2.80. The van der Waals surface area contributed by atoms with E-state index in [0.29, 0.717) is 18.2 Å². The second-order valence-corrected chi connectivity index (χ2v) is 5.21. The molecule has 104 valence electrons. The molecule has 2 heterocycles. The van der Waals surface area contributed by atoms with E-state index in [1.807, 2.05) is 6.92 Å². The molecule has 0 saturated carbocycles. The third kappa shape index (κ3) is 3.66. The lowest BCUT2D eigenvalue weighted by Crippen LogP contribution is -2.35. The van der Waals surface area contributed by atoms with Gasteiger partial charge in [-0.1, -0.05) is 13.8 Å². The minimum atomic E-state index is -0.145. The van der Waals surface area contributed by atoms with Crippen LogP contribution in [0.25, 0.3) is 0 Å². The molecule has 1 N–H and O–H groups in total. The molecule has 0 bridgehead atoms. The van der Waals surface area contributed by atoms with Crippen LogP contribution in [0.4, 0.5) is 5.82 Å². The number of amides is 1. The van der Waals surface area contributed by atoms with Gasteiger partial charge in [-0.05, 0) is 25.2 Å². The van der Waals surface area contributed by atoms with Gasteiger partial charge in [0.15, 0.2) is 0 Å². The predicted octanol–water partition coefficient (Wildman–Crippen LogP) is 1.85. The van der Waals surface area contributed by atoms with Crippen LogP contribution in [0.15, 0.2) is 12.4 Å². The number of aromatic nitrogens is 2. The Balaban J connectivity index is 1.99. The van der Waals surface area contributed by atoms with Gasteiger partial charge in [-0.25, -0.2) is 9.97 Å². The van der Waals surface area contributed by atoms with Crippen molar-refractivity contribution < 1.29 is 4.79 Å². The minimum absolute atomic E-state index is 0.145. The molecule has 1 unspecified atom stereocenters. The number of nitrogens with zero attached hydrogens (tertiary/aromatic N) is 3. The summed E-state index contributed by atoms with van der Waals surface area (Å²) < 4.78 is 0. The summed E-state index contributed by atoms with van der Waals surface area (Å²) in [6.45, 7) is 7.00. The summed E-state index contributed by atoms with van der Waals surface area (Å²) >= 11 is 0. The van der Waals surface area contributed by atoms with Crippen molar-refractivity contribution in [2.45, 2.75) is 33.1 Å². The van der Waals surface area contributed by atoms with Gasteiger partial charge >= 0.3 is 0 Å². The highest BCUT2D eigenvalue weighted by molar-refractivity contribution is 5.91. The van der Waals surface area contributed by atoms with E-state index >= 15 is 0 Å². The first-order valence-electron chi connectivity index (χ1n) is 7.06. The van der Waals surface area contributed by atoms with Gasteiger partial charge in [0.05, 0.1) is 12.4 Å². The lowest BCUT2D eigenvalue weighted by atomic mass is 10.0. The molecule has 1 aliphatic heterocycles. The Morgan fingerprint density at radius 3 is 2.95 bits per heavy atom. The van der Waals surface area contributed by atoms with Crippen LogP contribution in [0.3, 0.4) is 0 Å². The van der Waals surface area contributed by atoms with Gasteiger partial charge in [0.2, 0.25) is 0 Å². The van der Waals surface area contributed by atoms with Crippen LogP contribution >= 0.6 is 0 Å². The monoisotopic (exact) mass is 262 g/mol. The highest BCUT2D eigenvalue weighted by Gasteiger charge is 2.18. The normalized spacial score (nSPS) is 19.3. The van der Waals surface area contributed by atoms with Crippen molar-refractivity contribution in [1.82, 2.24) is 15.3 Å². The molecule has 1 saturated heterocycles. The van der Waals surface area contributed by atoms with Gasteiger partial charge < -0.3 is 10.2 Å². The van der Waals surface area contributed by atoms with E-state index < -0.39 is 0 Å². The van der Waals surface area contributed by atoms with Crippen molar-refractivity contribution in [3.63, 3.8) is 0 Å². The first-order valence-corrected chi connectivity index (χ1v) is 7.06. The molecule has 1 fully saturated rings. The maximum atomic E-state index is 11.7. The number of carbonyl (C=O) groups is 1. The molecule has 0 spiro atoms. The zero-order valence-electron chi connectivity index (χ0n) is 11.7. The Bertz CT molecular complexity index is 418. The number of anilines is 1. The maximum absolute atomic E-state index is 11.7. The number of hydrogen-bond donors (Lipinski definition) is 1. The molecule has 0 radical (unpaired) electrons. The van der Waals surface area contributed by atoms with E-state index in [1.165, 1.54) is 12.8 Å². The molecular formula is C14H22N4O. The van der Waals surface area contributed by atoms with E-state index in [9.17, 15) is 4.79 Å². The molecule has 1 aromatic heterocycles. The average Bonchev–Trinajstić information content (AvgIpc) is 2.45. The molecule has 2 rings (SSSR count). The molecule has 0 aliphatic carbocycles. The minimum Gasteiger partial charge on any atom is -0.355 e. The standard InChI is InChI=1S/C14H22N4O/c1-3-6-15-14(19)12-8-17-13(9-16-12)18-7-4-5-11(2)10-18/h8-9,11H,3-7,10H2,1-2H3,(H,15,19). The Morgan fingerprint density at radius 2 is 2.32 bits per heavy atom. The first-order chi connectivity index (χ1) is 9.20. The lowest BCUT2D eigenvalue weighted by Gasteiger charge is -2.31. The summed E-state index contributed by atoms with van der Waals surface area (Å²) in [6, 6.07) is 0. The van der Waals surface area contributed by atoms with Gasteiger partial charge in [0, 0.05) is 19.6 Å². The highest BCUT2D eigenvalue weighted by atomic mass is 16.1. The van der Waals surface area contributed by atoms with Crippen LogP contribution in [-0.2, 0) is 0 Å². The van der Waals surface area contributed by atoms with Crippen molar-refractivity contribution in [2.75, 3.05) is 24.5 Å². The van der Waals surface area contributed by atoms with Crippen LogP contribution in [0.5, 0.6) is 0 Å². The van der Waals surface area contributed by atoms with E-state index in [-0.39, 0.29) is 5.91 Å². The summed E-state index contributed by atoms with van der Waals surface area (Å²) in [6.07, 6.45) is 6.67. The van der Waals surface area contributed by atoms with E-state index in [4.69, 9.17) is 0 Å². The fourth-order valence-corrected chi connectivity index (χ4v) is 2.33. The summed E-state index contributed by atoms with van der Waals surface area (Å²) in [5.41, 5.74) is 0.391. The molecule has 1 aliphatic rings. The first kappa shape index (κ1) is 13.8. The van der Waals surface area contributed by atoms with Gasteiger partial charge in [-0.2, -0.15) is 0 Å². The Hall–Kier alpha value is -1.65. The lowest BCUT2D eigenvalue weighted by molar-refractivity contribution is 0.0948. The number of nitrogens with one attached hydrogen (secondary N) is 1. The third-order valence-corrected chi connectivity index (χ3v) is 3.39. The fourth-order valence-electron chi connectivity index (χ4n) is 2.33. The SMILES string of the molecule is CCCNC(=O)c1cnc(N2CCCC(C)C2)cn1. The Morgan fingerprint density at radius 1 is 1.47 bits per heavy atom. The van der Waals surface area contributed by atoms with Crippen molar-refractivity contribution in [2.24, 2.45) is 5.92 Å². The predicted molar refractivity (Wildman–Crippen MR) is 75.3 cm³/mol. The second-order valence-electron chi connectivity index (χ2n) is 5.21. The van der Waals surface area contributed by atoms with Gasteiger partial charge in [-0.15, -0.1) is 0 Å². The molecule has 5 nitrogen and oxygen atoms in total. The number of piperidine rings is 1.